The lowest BCUT2D eigenvalue weighted by Crippen LogP contribution is -2.29. The number of hydrogen-bond donors (Lipinski definition) is 2. The Hall–Kier alpha value is -1.39. The fourth-order valence-corrected chi connectivity index (χ4v) is 2.15. The third-order valence-electron chi connectivity index (χ3n) is 3.08. The van der Waals surface area contributed by atoms with Crippen LogP contribution in [0.4, 0.5) is 0 Å². The maximum absolute atomic E-state index is 11.2. The fourth-order valence-electron chi connectivity index (χ4n) is 2.15. The summed E-state index contributed by atoms with van der Waals surface area (Å²) < 4.78 is 4.64. The fraction of sp³-hybridized carbons (Fsp3) is 0.462. The Labute approximate surface area is 101 Å². The van der Waals surface area contributed by atoms with Crippen molar-refractivity contribution in [3.8, 4) is 0 Å². The summed E-state index contributed by atoms with van der Waals surface area (Å²) in [5.41, 5.74) is 2.58. The van der Waals surface area contributed by atoms with E-state index in [2.05, 4.69) is 27.5 Å². The van der Waals surface area contributed by atoms with Gasteiger partial charge in [-0.2, -0.15) is 0 Å². The molecule has 0 aliphatic carbocycles. The van der Waals surface area contributed by atoms with Crippen molar-refractivity contribution in [1.29, 1.82) is 0 Å². The number of methoxy groups -OCH3 is 1. The molecule has 0 saturated heterocycles. The van der Waals surface area contributed by atoms with Gasteiger partial charge in [-0.05, 0) is 24.1 Å². The van der Waals surface area contributed by atoms with Gasteiger partial charge in [0, 0.05) is 12.6 Å². The maximum Gasteiger partial charge on any atom is 0.319 e. The normalized spacial score (nSPS) is 19.2. The summed E-state index contributed by atoms with van der Waals surface area (Å²) >= 11 is 0. The summed E-state index contributed by atoms with van der Waals surface area (Å²) in [6.07, 6.45) is 0.980. The molecule has 1 aromatic rings. The van der Waals surface area contributed by atoms with Gasteiger partial charge in [0.1, 0.15) is 0 Å². The summed E-state index contributed by atoms with van der Waals surface area (Å²) in [5.74, 6) is -0.223. The predicted octanol–water partition coefficient (Wildman–Crippen LogP) is 0.984. The molecule has 0 aromatic heterocycles. The van der Waals surface area contributed by atoms with Gasteiger partial charge in [-0.3, -0.25) is 10.1 Å². The van der Waals surface area contributed by atoms with E-state index in [-0.39, 0.29) is 18.6 Å². The molecule has 4 heteroatoms. The number of carbonyl (C=O) groups is 1. The molecule has 2 N–H and O–H groups in total. The summed E-state index contributed by atoms with van der Waals surface area (Å²) in [7, 11) is 1.41. The summed E-state index contributed by atoms with van der Waals surface area (Å²) in [6, 6.07) is 8.55. The van der Waals surface area contributed by atoms with Crippen molar-refractivity contribution in [2.24, 2.45) is 0 Å². The molecular formula is C13H18N2O2. The zero-order valence-corrected chi connectivity index (χ0v) is 10.0. The zero-order valence-electron chi connectivity index (χ0n) is 10.0. The number of rotatable bonds is 3. The van der Waals surface area contributed by atoms with Crippen molar-refractivity contribution < 1.29 is 9.53 Å². The molecule has 0 saturated carbocycles. The smallest absolute Gasteiger partial charge is 0.319 e. The molecule has 1 unspecified atom stereocenters. The molecule has 1 aliphatic rings. The van der Waals surface area contributed by atoms with E-state index in [1.807, 2.05) is 12.1 Å². The minimum atomic E-state index is -0.223. The van der Waals surface area contributed by atoms with E-state index in [9.17, 15) is 4.79 Å². The van der Waals surface area contributed by atoms with Crippen LogP contribution in [0.1, 0.15) is 23.6 Å². The molecule has 0 fully saturated rings. The summed E-state index contributed by atoms with van der Waals surface area (Å²) in [5, 5.41) is 6.63. The van der Waals surface area contributed by atoms with E-state index < -0.39 is 0 Å². The first kappa shape index (κ1) is 12.1. The second-order valence-electron chi connectivity index (χ2n) is 4.17. The number of esters is 1. The Bertz CT molecular complexity index is 393. The average molecular weight is 234 g/mol. The van der Waals surface area contributed by atoms with Crippen molar-refractivity contribution >= 4 is 5.97 Å². The Balaban J connectivity index is 2.09. The van der Waals surface area contributed by atoms with E-state index in [0.717, 1.165) is 19.5 Å². The van der Waals surface area contributed by atoms with E-state index in [1.54, 1.807) is 0 Å². The number of ether oxygens (including phenoxy) is 1. The van der Waals surface area contributed by atoms with Gasteiger partial charge in [0.05, 0.1) is 13.7 Å². The molecule has 1 atom stereocenters. The lowest BCUT2D eigenvalue weighted by Gasteiger charge is -2.18. The summed E-state index contributed by atoms with van der Waals surface area (Å²) in [6.45, 7) is 2.11. The van der Waals surface area contributed by atoms with Gasteiger partial charge in [0.25, 0.3) is 0 Å². The Kier molecular flexibility index (Phi) is 4.12. The Morgan fingerprint density at radius 1 is 1.53 bits per heavy atom. The third-order valence-corrected chi connectivity index (χ3v) is 3.08. The summed E-state index contributed by atoms with van der Waals surface area (Å²) in [4.78, 5) is 11.2. The highest BCUT2D eigenvalue weighted by Gasteiger charge is 2.18. The monoisotopic (exact) mass is 234 g/mol. The van der Waals surface area contributed by atoms with Crippen LogP contribution in [0.3, 0.4) is 0 Å². The largest absolute Gasteiger partial charge is 0.468 e. The third kappa shape index (κ3) is 3.05. The van der Waals surface area contributed by atoms with Gasteiger partial charge in [-0.25, -0.2) is 0 Å². The second-order valence-corrected chi connectivity index (χ2v) is 4.17. The quantitative estimate of drug-likeness (QED) is 0.766. The van der Waals surface area contributed by atoms with E-state index in [1.165, 1.54) is 18.2 Å². The van der Waals surface area contributed by atoms with E-state index in [4.69, 9.17) is 0 Å². The first-order valence-corrected chi connectivity index (χ1v) is 5.90. The molecule has 0 amide bonds. The second kappa shape index (κ2) is 5.80. The first-order chi connectivity index (χ1) is 8.31. The van der Waals surface area contributed by atoms with Gasteiger partial charge in [0.2, 0.25) is 0 Å². The number of carbonyl (C=O) groups excluding carboxylic acids is 1. The van der Waals surface area contributed by atoms with Crippen LogP contribution < -0.4 is 10.6 Å². The number of hydrogen-bond acceptors (Lipinski definition) is 4. The highest BCUT2D eigenvalue weighted by atomic mass is 16.5. The lowest BCUT2D eigenvalue weighted by atomic mass is 9.99. The van der Waals surface area contributed by atoms with Crippen LogP contribution in [-0.4, -0.2) is 26.2 Å². The van der Waals surface area contributed by atoms with Crippen molar-refractivity contribution in [3.63, 3.8) is 0 Å². The van der Waals surface area contributed by atoms with Crippen LogP contribution in [0.15, 0.2) is 24.3 Å². The Morgan fingerprint density at radius 3 is 3.18 bits per heavy atom. The topological polar surface area (TPSA) is 50.4 Å². The Morgan fingerprint density at radius 2 is 2.35 bits per heavy atom. The minimum absolute atomic E-state index is 0.222. The van der Waals surface area contributed by atoms with Gasteiger partial charge >= 0.3 is 5.97 Å². The molecule has 1 aromatic carbocycles. The van der Waals surface area contributed by atoms with Crippen LogP contribution in [0, 0.1) is 0 Å². The maximum atomic E-state index is 11.2. The van der Waals surface area contributed by atoms with Crippen LogP contribution in [0.2, 0.25) is 0 Å². The molecule has 17 heavy (non-hydrogen) atoms. The van der Waals surface area contributed by atoms with Crippen LogP contribution in [0.25, 0.3) is 0 Å². The lowest BCUT2D eigenvalue weighted by molar-refractivity contribution is -0.139. The highest BCUT2D eigenvalue weighted by molar-refractivity contribution is 5.71. The molecule has 0 radical (unpaired) electrons. The number of benzene rings is 1. The van der Waals surface area contributed by atoms with Crippen LogP contribution >= 0.6 is 0 Å². The van der Waals surface area contributed by atoms with Crippen LogP contribution in [-0.2, 0) is 16.1 Å². The van der Waals surface area contributed by atoms with Gasteiger partial charge in [-0.1, -0.05) is 24.3 Å². The molecule has 0 bridgehead atoms. The minimum Gasteiger partial charge on any atom is -0.468 e. The SMILES string of the molecule is COC(=O)CNC1CCNCc2ccccc21. The van der Waals surface area contributed by atoms with Gasteiger partial charge in [0.15, 0.2) is 0 Å². The van der Waals surface area contributed by atoms with Gasteiger partial charge < -0.3 is 10.1 Å². The first-order valence-electron chi connectivity index (χ1n) is 5.90. The molecule has 1 heterocycles. The van der Waals surface area contributed by atoms with Crippen molar-refractivity contribution in [1.82, 2.24) is 10.6 Å². The molecule has 4 nitrogen and oxygen atoms in total. The van der Waals surface area contributed by atoms with Crippen LogP contribution in [0.5, 0.6) is 0 Å². The zero-order chi connectivity index (χ0) is 12.1. The van der Waals surface area contributed by atoms with Gasteiger partial charge in [-0.15, -0.1) is 0 Å². The molecule has 92 valence electrons. The van der Waals surface area contributed by atoms with E-state index in [0.29, 0.717) is 0 Å². The average Bonchev–Trinajstić information content (AvgIpc) is 2.58. The standard InChI is InChI=1S/C13H18N2O2/c1-17-13(16)9-15-12-6-7-14-8-10-4-2-3-5-11(10)12/h2-5,12,14-15H,6-9H2,1H3. The van der Waals surface area contributed by atoms with E-state index >= 15 is 0 Å². The van der Waals surface area contributed by atoms with Crippen molar-refractivity contribution in [2.75, 3.05) is 20.2 Å². The highest BCUT2D eigenvalue weighted by Crippen LogP contribution is 2.23. The van der Waals surface area contributed by atoms with Crippen molar-refractivity contribution in [2.45, 2.75) is 19.0 Å². The predicted molar refractivity (Wildman–Crippen MR) is 65.5 cm³/mol. The number of fused-ring (bicyclic) bond motifs is 1. The molecular weight excluding hydrogens is 216 g/mol. The molecule has 2 rings (SSSR count). The van der Waals surface area contributed by atoms with Crippen molar-refractivity contribution in [3.05, 3.63) is 35.4 Å². The molecule has 0 spiro atoms. The number of nitrogens with one attached hydrogen (secondary N) is 2. The molecule has 1 aliphatic heterocycles.